The van der Waals surface area contributed by atoms with Gasteiger partial charge in [-0.2, -0.15) is 4.31 Å². The molecule has 1 heterocycles. The highest BCUT2D eigenvalue weighted by Crippen LogP contribution is 2.28. The molecule has 0 atom stereocenters. The van der Waals surface area contributed by atoms with E-state index in [9.17, 15) is 8.42 Å². The number of nitrogens with one attached hydrogen (secondary N) is 1. The molecule has 0 bridgehead atoms. The lowest BCUT2D eigenvalue weighted by molar-refractivity contribution is 0.394. The third-order valence-corrected chi connectivity index (χ3v) is 5.15. The van der Waals surface area contributed by atoms with Gasteiger partial charge in [-0.15, -0.1) is 0 Å². The molecule has 0 aromatic heterocycles. The van der Waals surface area contributed by atoms with Gasteiger partial charge in [0.05, 0.1) is 7.11 Å². The highest BCUT2D eigenvalue weighted by Gasteiger charge is 2.27. The normalized spacial score (nSPS) is 16.3. The molecule has 1 aliphatic heterocycles. The molecule has 0 amide bonds. The number of methoxy groups -OCH3 is 1. The van der Waals surface area contributed by atoms with Gasteiger partial charge in [0.2, 0.25) is 10.0 Å². The minimum atomic E-state index is -3.50. The number of hydrogen-bond acceptors (Lipinski definition) is 4. The van der Waals surface area contributed by atoms with Crippen molar-refractivity contribution < 1.29 is 13.2 Å². The van der Waals surface area contributed by atoms with E-state index in [1.807, 2.05) is 25.3 Å². The maximum absolute atomic E-state index is 12.6. The van der Waals surface area contributed by atoms with Crippen molar-refractivity contribution in [2.45, 2.75) is 17.9 Å². The highest BCUT2D eigenvalue weighted by molar-refractivity contribution is 7.89. The summed E-state index contributed by atoms with van der Waals surface area (Å²) in [5.74, 6) is 0.396. The van der Waals surface area contributed by atoms with Gasteiger partial charge < -0.3 is 10.1 Å². The molecule has 0 unspecified atom stereocenters. The molecule has 6 heteroatoms. The predicted octanol–water partition coefficient (Wildman–Crippen LogP) is 1.37. The monoisotopic (exact) mass is 296 g/mol. The van der Waals surface area contributed by atoms with Crippen LogP contribution in [0, 0.1) is 0 Å². The zero-order valence-electron chi connectivity index (χ0n) is 11.8. The minimum absolute atomic E-state index is 0.232. The first-order chi connectivity index (χ1) is 9.59. The second kappa shape index (κ2) is 6.39. The van der Waals surface area contributed by atoms with Gasteiger partial charge in [-0.1, -0.05) is 18.2 Å². The van der Waals surface area contributed by atoms with Crippen LogP contribution in [0.15, 0.2) is 35.2 Å². The zero-order valence-corrected chi connectivity index (χ0v) is 12.6. The van der Waals surface area contributed by atoms with Crippen molar-refractivity contribution in [3.8, 4) is 5.75 Å². The fourth-order valence-corrected chi connectivity index (χ4v) is 3.76. The molecule has 0 fully saturated rings. The van der Waals surface area contributed by atoms with E-state index in [1.54, 1.807) is 12.1 Å². The van der Waals surface area contributed by atoms with Crippen molar-refractivity contribution in [2.24, 2.45) is 0 Å². The van der Waals surface area contributed by atoms with Gasteiger partial charge in [0, 0.05) is 19.6 Å². The number of hydrogen-bond donors (Lipinski definition) is 1. The molecule has 2 rings (SSSR count). The molecule has 1 aliphatic rings. The second-order valence-electron chi connectivity index (χ2n) is 4.64. The van der Waals surface area contributed by atoms with Gasteiger partial charge >= 0.3 is 0 Å². The maximum Gasteiger partial charge on any atom is 0.247 e. The first-order valence-electron chi connectivity index (χ1n) is 6.56. The summed E-state index contributed by atoms with van der Waals surface area (Å²) in [5, 5.41) is 3.03. The lowest BCUT2D eigenvalue weighted by Crippen LogP contribution is -2.34. The van der Waals surface area contributed by atoms with Crippen LogP contribution in [0.25, 0.3) is 0 Å². The Morgan fingerprint density at radius 3 is 2.75 bits per heavy atom. The largest absolute Gasteiger partial charge is 0.495 e. The zero-order chi connectivity index (χ0) is 14.6. The quantitative estimate of drug-likeness (QED) is 0.834. The maximum atomic E-state index is 12.6. The second-order valence-corrected chi connectivity index (χ2v) is 6.55. The Balaban J connectivity index is 2.37. The molecule has 0 spiro atoms. The smallest absolute Gasteiger partial charge is 0.247 e. The average Bonchev–Trinajstić information content (AvgIpc) is 2.48. The fourth-order valence-electron chi connectivity index (χ4n) is 2.22. The molecule has 1 N–H and O–H groups in total. The highest BCUT2D eigenvalue weighted by atomic mass is 32.2. The summed E-state index contributed by atoms with van der Waals surface area (Å²) >= 11 is 0. The van der Waals surface area contributed by atoms with Crippen molar-refractivity contribution in [1.82, 2.24) is 9.62 Å². The molecule has 5 nitrogen and oxygen atoms in total. The molecule has 1 aromatic carbocycles. The molecular weight excluding hydrogens is 276 g/mol. The van der Waals surface area contributed by atoms with Crippen molar-refractivity contribution in [3.63, 3.8) is 0 Å². The Kier molecular flexibility index (Phi) is 4.80. The van der Waals surface area contributed by atoms with Crippen molar-refractivity contribution in [2.75, 3.05) is 27.2 Å². The van der Waals surface area contributed by atoms with Crippen LogP contribution in [0.1, 0.15) is 12.0 Å². The van der Waals surface area contributed by atoms with Gasteiger partial charge in [0.25, 0.3) is 0 Å². The van der Waals surface area contributed by atoms with Crippen LogP contribution in [0.4, 0.5) is 0 Å². The van der Waals surface area contributed by atoms with Gasteiger partial charge in [-0.3, -0.25) is 0 Å². The Bertz CT molecular complexity index is 596. The van der Waals surface area contributed by atoms with Gasteiger partial charge in [-0.05, 0) is 31.2 Å². The molecule has 20 heavy (non-hydrogen) atoms. The molecule has 0 radical (unpaired) electrons. The fraction of sp³-hybridized carbons (Fsp3) is 0.429. The van der Waals surface area contributed by atoms with E-state index < -0.39 is 10.0 Å². The Labute approximate surface area is 120 Å². The first-order valence-corrected chi connectivity index (χ1v) is 8.00. The Hall–Kier alpha value is -1.37. The summed E-state index contributed by atoms with van der Waals surface area (Å²) in [4.78, 5) is 0.232. The topological polar surface area (TPSA) is 58.6 Å². The van der Waals surface area contributed by atoms with Crippen LogP contribution in [-0.4, -0.2) is 40.0 Å². The summed E-state index contributed by atoms with van der Waals surface area (Å²) in [6.07, 6.45) is 4.63. The first kappa shape index (κ1) is 15.0. The van der Waals surface area contributed by atoms with Crippen molar-refractivity contribution >= 4 is 10.0 Å². The lowest BCUT2D eigenvalue weighted by atomic mass is 10.2. The summed E-state index contributed by atoms with van der Waals surface area (Å²) in [5.41, 5.74) is 0.988. The van der Waals surface area contributed by atoms with Crippen LogP contribution < -0.4 is 10.1 Å². The minimum Gasteiger partial charge on any atom is -0.495 e. The Morgan fingerprint density at radius 2 is 2.15 bits per heavy atom. The van der Waals surface area contributed by atoms with E-state index in [1.165, 1.54) is 11.4 Å². The van der Waals surface area contributed by atoms with E-state index >= 15 is 0 Å². The molecule has 1 aromatic rings. The number of rotatable bonds is 5. The summed E-state index contributed by atoms with van der Waals surface area (Å²) < 4.78 is 32.0. The van der Waals surface area contributed by atoms with E-state index in [0.29, 0.717) is 25.4 Å². The average molecular weight is 296 g/mol. The van der Waals surface area contributed by atoms with Crippen molar-refractivity contribution in [3.05, 3.63) is 35.9 Å². The van der Waals surface area contributed by atoms with Crippen LogP contribution in [0.2, 0.25) is 0 Å². The molecule has 0 saturated carbocycles. The van der Waals surface area contributed by atoms with E-state index in [4.69, 9.17) is 4.74 Å². The summed E-state index contributed by atoms with van der Waals surface area (Å²) in [6.45, 7) is 1.60. The molecule has 0 aliphatic carbocycles. The van der Waals surface area contributed by atoms with E-state index in [2.05, 4.69) is 5.32 Å². The Morgan fingerprint density at radius 1 is 1.35 bits per heavy atom. The van der Waals surface area contributed by atoms with E-state index in [-0.39, 0.29) is 4.90 Å². The standard InChI is InChI=1S/C14H20N2O3S/c1-15-11-12-6-7-14(13(10-12)19-2)20(17,18)16-8-4-3-5-9-16/h3-4,6-7,10,15H,5,8-9,11H2,1-2H3. The van der Waals surface area contributed by atoms with Crippen LogP contribution in [0.5, 0.6) is 5.75 Å². The summed E-state index contributed by atoms with van der Waals surface area (Å²) in [7, 11) is -0.162. The van der Waals surface area contributed by atoms with Gasteiger partial charge in [0.1, 0.15) is 10.6 Å². The van der Waals surface area contributed by atoms with Crippen LogP contribution >= 0.6 is 0 Å². The summed E-state index contributed by atoms with van der Waals surface area (Å²) in [6, 6.07) is 5.20. The van der Waals surface area contributed by atoms with Gasteiger partial charge in [-0.25, -0.2) is 8.42 Å². The van der Waals surface area contributed by atoms with Crippen LogP contribution in [-0.2, 0) is 16.6 Å². The molecule has 110 valence electrons. The van der Waals surface area contributed by atoms with Crippen molar-refractivity contribution in [1.29, 1.82) is 0 Å². The number of ether oxygens (including phenoxy) is 1. The predicted molar refractivity (Wildman–Crippen MR) is 78.3 cm³/mol. The lowest BCUT2D eigenvalue weighted by Gasteiger charge is -2.23. The molecule has 0 saturated heterocycles. The van der Waals surface area contributed by atoms with Crippen LogP contribution in [0.3, 0.4) is 0 Å². The third-order valence-electron chi connectivity index (χ3n) is 3.25. The molecular formula is C14H20N2O3S. The number of nitrogens with zero attached hydrogens (tertiary/aromatic N) is 1. The number of sulfonamides is 1. The third kappa shape index (κ3) is 3.03. The van der Waals surface area contributed by atoms with E-state index in [0.717, 1.165) is 12.0 Å². The van der Waals surface area contributed by atoms with Gasteiger partial charge in [0.15, 0.2) is 0 Å². The number of benzene rings is 1. The SMILES string of the molecule is CNCc1ccc(S(=O)(=O)N2CC=CCC2)c(OC)c1.